The molecule has 1 unspecified atom stereocenters. The van der Waals surface area contributed by atoms with Crippen LogP contribution in [-0.4, -0.2) is 37.6 Å². The summed E-state index contributed by atoms with van der Waals surface area (Å²) in [5.74, 6) is 1.11. The van der Waals surface area contributed by atoms with Gasteiger partial charge in [-0.25, -0.2) is 4.79 Å². The molecule has 3 N–H and O–H groups in total. The molecule has 7 nitrogen and oxygen atoms in total. The smallest absolute Gasteiger partial charge is 0.312 e. The summed E-state index contributed by atoms with van der Waals surface area (Å²) in [6.07, 6.45) is 0.0751. The molecule has 2 rings (SSSR count). The number of nitrogens with one attached hydrogen (secondary N) is 1. The van der Waals surface area contributed by atoms with E-state index < -0.39 is 12.1 Å². The van der Waals surface area contributed by atoms with E-state index in [1.165, 1.54) is 0 Å². The lowest BCUT2D eigenvalue weighted by atomic mass is 10.0. The van der Waals surface area contributed by atoms with E-state index in [0.717, 1.165) is 11.1 Å². The Hall–Kier alpha value is -2.93. The van der Waals surface area contributed by atoms with E-state index in [9.17, 15) is 9.59 Å². The first-order valence-electron chi connectivity index (χ1n) is 9.18. The monoisotopic (exact) mass is 419 g/mol. The van der Waals surface area contributed by atoms with Gasteiger partial charge < -0.3 is 25.4 Å². The Bertz CT molecular complexity index is 842. The fraction of sp³-hybridized carbons (Fsp3) is 0.333. The fourth-order valence-corrected chi connectivity index (χ4v) is 3.12. The minimum atomic E-state index is -0.694. The molecule has 0 fully saturated rings. The van der Waals surface area contributed by atoms with Gasteiger partial charge in [0.25, 0.3) is 0 Å². The highest BCUT2D eigenvalue weighted by Crippen LogP contribution is 2.28. The molecular formula is C21H26ClN3O4. The highest BCUT2D eigenvalue weighted by atomic mass is 35.5. The molecule has 8 heteroatoms. The van der Waals surface area contributed by atoms with Gasteiger partial charge in [0, 0.05) is 18.1 Å². The summed E-state index contributed by atoms with van der Waals surface area (Å²) in [6, 6.07) is 11.2. The van der Waals surface area contributed by atoms with Crippen LogP contribution in [0.2, 0.25) is 5.02 Å². The van der Waals surface area contributed by atoms with Crippen LogP contribution in [-0.2, 0) is 11.3 Å². The van der Waals surface area contributed by atoms with Crippen molar-refractivity contribution in [2.75, 3.05) is 20.8 Å². The van der Waals surface area contributed by atoms with Crippen LogP contribution < -0.4 is 20.5 Å². The van der Waals surface area contributed by atoms with E-state index in [4.69, 9.17) is 26.8 Å². The number of hydrogen-bond donors (Lipinski definition) is 2. The van der Waals surface area contributed by atoms with Crippen LogP contribution in [0.1, 0.15) is 30.5 Å². The van der Waals surface area contributed by atoms with E-state index in [2.05, 4.69) is 5.32 Å². The predicted molar refractivity (Wildman–Crippen MR) is 112 cm³/mol. The molecule has 0 aliphatic heterocycles. The summed E-state index contributed by atoms with van der Waals surface area (Å²) >= 11 is 5.93. The van der Waals surface area contributed by atoms with Gasteiger partial charge in [0.2, 0.25) is 5.91 Å². The van der Waals surface area contributed by atoms with Gasteiger partial charge in [-0.1, -0.05) is 29.8 Å². The number of benzene rings is 2. The Morgan fingerprint density at radius 3 is 2.31 bits per heavy atom. The number of amides is 3. The summed E-state index contributed by atoms with van der Waals surface area (Å²) in [5, 5.41) is 3.21. The molecule has 0 aliphatic rings. The molecule has 0 bridgehead atoms. The Kier molecular flexibility index (Phi) is 8.15. The molecule has 0 aromatic heterocycles. The van der Waals surface area contributed by atoms with E-state index in [0.29, 0.717) is 29.6 Å². The zero-order valence-corrected chi connectivity index (χ0v) is 17.5. The Morgan fingerprint density at radius 1 is 1.10 bits per heavy atom. The lowest BCUT2D eigenvalue weighted by Gasteiger charge is -2.25. The largest absolute Gasteiger partial charge is 0.493 e. The van der Waals surface area contributed by atoms with Gasteiger partial charge in [0.15, 0.2) is 11.5 Å². The van der Waals surface area contributed by atoms with Crippen molar-refractivity contribution in [3.8, 4) is 11.5 Å². The lowest BCUT2D eigenvalue weighted by molar-refractivity contribution is -0.132. The summed E-state index contributed by atoms with van der Waals surface area (Å²) in [7, 11) is 3.14. The van der Waals surface area contributed by atoms with Crippen LogP contribution in [0.25, 0.3) is 0 Å². The molecule has 0 aliphatic carbocycles. The average Bonchev–Trinajstić information content (AvgIpc) is 2.71. The molecule has 29 heavy (non-hydrogen) atoms. The molecule has 0 spiro atoms. The maximum Gasteiger partial charge on any atom is 0.312 e. The number of carbonyl (C=O) groups is 2. The minimum Gasteiger partial charge on any atom is -0.493 e. The number of ether oxygens (including phenoxy) is 2. The maximum absolute atomic E-state index is 12.9. The van der Waals surface area contributed by atoms with Crippen molar-refractivity contribution < 1.29 is 19.1 Å². The molecule has 0 heterocycles. The third-order valence-corrected chi connectivity index (χ3v) is 4.78. The normalized spacial score (nSPS) is 11.4. The molecule has 0 radical (unpaired) electrons. The number of nitrogens with two attached hydrogens (primary N) is 1. The molecule has 2 aromatic rings. The summed E-state index contributed by atoms with van der Waals surface area (Å²) in [5.41, 5.74) is 6.96. The molecule has 0 saturated carbocycles. The van der Waals surface area contributed by atoms with Crippen molar-refractivity contribution >= 4 is 23.5 Å². The average molecular weight is 420 g/mol. The number of carbonyl (C=O) groups excluding carboxylic acids is 2. The van der Waals surface area contributed by atoms with Crippen molar-refractivity contribution in [1.82, 2.24) is 10.2 Å². The second-order valence-corrected chi connectivity index (χ2v) is 6.85. The fourth-order valence-electron chi connectivity index (χ4n) is 3.00. The summed E-state index contributed by atoms with van der Waals surface area (Å²) in [6.45, 7) is 2.81. The van der Waals surface area contributed by atoms with Crippen LogP contribution in [0.15, 0.2) is 42.5 Å². The van der Waals surface area contributed by atoms with Crippen LogP contribution in [0, 0.1) is 0 Å². The quantitative estimate of drug-likeness (QED) is 0.650. The van der Waals surface area contributed by atoms with Gasteiger partial charge >= 0.3 is 6.03 Å². The third kappa shape index (κ3) is 6.29. The van der Waals surface area contributed by atoms with E-state index in [1.54, 1.807) is 49.5 Å². The summed E-state index contributed by atoms with van der Waals surface area (Å²) in [4.78, 5) is 26.1. The van der Waals surface area contributed by atoms with Crippen LogP contribution in [0.5, 0.6) is 11.5 Å². The van der Waals surface area contributed by atoms with Gasteiger partial charge in [-0.2, -0.15) is 0 Å². The third-order valence-electron chi connectivity index (χ3n) is 4.52. The number of urea groups is 1. The van der Waals surface area contributed by atoms with Crippen LogP contribution >= 0.6 is 11.6 Å². The minimum absolute atomic E-state index is 0.0751. The topological polar surface area (TPSA) is 93.9 Å². The van der Waals surface area contributed by atoms with Gasteiger partial charge in [-0.05, 0) is 42.3 Å². The number of nitrogens with zero attached hydrogens (tertiary/aromatic N) is 1. The van der Waals surface area contributed by atoms with Crippen molar-refractivity contribution in [2.24, 2.45) is 5.73 Å². The van der Waals surface area contributed by atoms with E-state index >= 15 is 0 Å². The highest BCUT2D eigenvalue weighted by Gasteiger charge is 2.21. The lowest BCUT2D eigenvalue weighted by Crippen LogP contribution is -2.38. The highest BCUT2D eigenvalue weighted by molar-refractivity contribution is 6.30. The van der Waals surface area contributed by atoms with Gasteiger partial charge in [0.05, 0.1) is 26.7 Å². The van der Waals surface area contributed by atoms with Crippen molar-refractivity contribution in [1.29, 1.82) is 0 Å². The molecular weight excluding hydrogens is 394 g/mol. The predicted octanol–water partition coefficient (Wildman–Crippen LogP) is 3.51. The van der Waals surface area contributed by atoms with Crippen LogP contribution in [0.4, 0.5) is 4.79 Å². The second-order valence-electron chi connectivity index (χ2n) is 6.41. The second kappa shape index (κ2) is 10.6. The Morgan fingerprint density at radius 2 is 1.76 bits per heavy atom. The number of rotatable bonds is 9. The Labute approximate surface area is 175 Å². The number of halogens is 1. The first kappa shape index (κ1) is 22.4. The number of hydrogen-bond acceptors (Lipinski definition) is 4. The van der Waals surface area contributed by atoms with Crippen molar-refractivity contribution in [2.45, 2.75) is 25.9 Å². The zero-order valence-electron chi connectivity index (χ0n) is 16.8. The Balaban J connectivity index is 2.15. The summed E-state index contributed by atoms with van der Waals surface area (Å²) < 4.78 is 10.6. The van der Waals surface area contributed by atoms with Gasteiger partial charge in [-0.3, -0.25) is 4.79 Å². The molecule has 2 aromatic carbocycles. The molecule has 0 saturated heterocycles. The molecule has 3 amide bonds. The van der Waals surface area contributed by atoms with E-state index in [-0.39, 0.29) is 12.3 Å². The zero-order chi connectivity index (χ0) is 21.4. The van der Waals surface area contributed by atoms with Crippen LogP contribution in [0.3, 0.4) is 0 Å². The molecule has 156 valence electrons. The van der Waals surface area contributed by atoms with Crippen molar-refractivity contribution in [3.05, 3.63) is 58.6 Å². The van der Waals surface area contributed by atoms with E-state index in [1.807, 2.05) is 19.1 Å². The first-order chi connectivity index (χ1) is 13.9. The maximum atomic E-state index is 12.9. The molecule has 1 atom stereocenters. The van der Waals surface area contributed by atoms with Crippen molar-refractivity contribution in [3.63, 3.8) is 0 Å². The standard InChI is InChI=1S/C21H26ClN3O4/c1-4-25(13-14-5-10-18(28-2)19(11-14)29-3)20(26)12-17(24-21(23)27)15-6-8-16(22)9-7-15/h5-11,17H,4,12-13H2,1-3H3,(H3,23,24,27). The number of primary amides is 1. The van der Waals surface area contributed by atoms with Gasteiger partial charge in [-0.15, -0.1) is 0 Å². The van der Waals surface area contributed by atoms with Gasteiger partial charge in [0.1, 0.15) is 0 Å². The number of methoxy groups -OCH3 is 2. The first-order valence-corrected chi connectivity index (χ1v) is 9.55. The SMILES string of the molecule is CCN(Cc1ccc(OC)c(OC)c1)C(=O)CC(NC(N)=O)c1ccc(Cl)cc1.